The number of pyridine rings is 1. The fraction of sp³-hybridized carbons (Fsp3) is 0.0909. The molecule has 30 heavy (non-hydrogen) atoms. The van der Waals surface area contributed by atoms with E-state index in [-0.39, 0.29) is 4.90 Å². The van der Waals surface area contributed by atoms with Crippen LogP contribution >= 0.6 is 0 Å². The van der Waals surface area contributed by atoms with E-state index in [0.29, 0.717) is 45.6 Å². The summed E-state index contributed by atoms with van der Waals surface area (Å²) in [5.74, 6) is 0.749. The Kier molecular flexibility index (Phi) is 5.01. The minimum atomic E-state index is -3.95. The lowest BCUT2D eigenvalue weighted by atomic mass is 10.1. The van der Waals surface area contributed by atoms with E-state index in [2.05, 4.69) is 4.98 Å². The van der Waals surface area contributed by atoms with Crippen molar-refractivity contribution >= 4 is 27.2 Å². The lowest BCUT2D eigenvalue weighted by molar-refractivity contribution is 0.112. The van der Waals surface area contributed by atoms with Crippen LogP contribution in [0.15, 0.2) is 71.8 Å². The first-order valence-corrected chi connectivity index (χ1v) is 10.4. The summed E-state index contributed by atoms with van der Waals surface area (Å²) in [7, 11) is -0.988. The predicted molar refractivity (Wildman–Crippen MR) is 113 cm³/mol. The van der Waals surface area contributed by atoms with Gasteiger partial charge < -0.3 is 9.47 Å². The Hall–Kier alpha value is -3.65. The average molecular weight is 422 g/mol. The third-order valence-electron chi connectivity index (χ3n) is 4.75. The highest BCUT2D eigenvalue weighted by Crippen LogP contribution is 2.37. The van der Waals surface area contributed by atoms with E-state index in [0.717, 1.165) is 0 Å². The van der Waals surface area contributed by atoms with Crippen LogP contribution in [0, 0.1) is 0 Å². The molecule has 0 unspecified atom stereocenters. The molecular weight excluding hydrogens is 404 g/mol. The molecule has 0 N–H and O–H groups in total. The first kappa shape index (κ1) is 19.7. The second-order valence-electron chi connectivity index (χ2n) is 6.48. The Labute approximate surface area is 173 Å². The van der Waals surface area contributed by atoms with Gasteiger partial charge in [-0.3, -0.25) is 4.79 Å². The Morgan fingerprint density at radius 1 is 0.967 bits per heavy atom. The van der Waals surface area contributed by atoms with E-state index in [1.165, 1.54) is 36.5 Å². The summed E-state index contributed by atoms with van der Waals surface area (Å²) in [5, 5.41) is 0.637. The highest BCUT2D eigenvalue weighted by molar-refractivity contribution is 7.90. The summed E-state index contributed by atoms with van der Waals surface area (Å²) in [4.78, 5) is 15.5. The minimum absolute atomic E-state index is 0.142. The number of carbonyl (C=O) groups is 1. The molecule has 4 rings (SSSR count). The molecule has 0 fully saturated rings. The second kappa shape index (κ2) is 7.64. The van der Waals surface area contributed by atoms with Crippen LogP contribution in [0.25, 0.3) is 22.2 Å². The summed E-state index contributed by atoms with van der Waals surface area (Å²) >= 11 is 0. The molecule has 7 nitrogen and oxygen atoms in total. The van der Waals surface area contributed by atoms with Gasteiger partial charge in [0.05, 0.1) is 36.5 Å². The Morgan fingerprint density at radius 3 is 2.40 bits per heavy atom. The van der Waals surface area contributed by atoms with E-state index in [4.69, 9.17) is 9.47 Å². The standard InChI is InChI=1S/C22H18N2O5S/c1-28-21-10-15(14-25)8-9-18(21)19-11-16-12-22(29-2)23-13-20(16)24(19)30(26,27)17-6-4-3-5-7-17/h3-14H,1-2H3. The van der Waals surface area contributed by atoms with Crippen molar-refractivity contribution in [3.05, 3.63) is 72.4 Å². The van der Waals surface area contributed by atoms with Gasteiger partial charge >= 0.3 is 0 Å². The normalized spacial score (nSPS) is 11.4. The first-order valence-electron chi connectivity index (χ1n) is 8.99. The summed E-state index contributed by atoms with van der Waals surface area (Å²) < 4.78 is 39.1. The fourth-order valence-corrected chi connectivity index (χ4v) is 4.85. The average Bonchev–Trinajstić information content (AvgIpc) is 3.18. The van der Waals surface area contributed by atoms with Crippen LogP contribution < -0.4 is 9.47 Å². The van der Waals surface area contributed by atoms with Crippen LogP contribution in [-0.4, -0.2) is 37.9 Å². The monoisotopic (exact) mass is 422 g/mol. The SMILES string of the molecule is COc1cc2cc(-c3ccc(C=O)cc3OC)n(S(=O)(=O)c3ccccc3)c2cn1. The van der Waals surface area contributed by atoms with Gasteiger partial charge in [-0.2, -0.15) is 0 Å². The van der Waals surface area contributed by atoms with Crippen molar-refractivity contribution in [2.75, 3.05) is 14.2 Å². The van der Waals surface area contributed by atoms with E-state index in [1.807, 2.05) is 0 Å². The number of ether oxygens (including phenoxy) is 2. The number of aldehydes is 1. The molecular formula is C22H18N2O5S. The van der Waals surface area contributed by atoms with E-state index in [1.54, 1.807) is 48.5 Å². The van der Waals surface area contributed by atoms with Crippen molar-refractivity contribution in [3.63, 3.8) is 0 Å². The molecule has 0 aliphatic rings. The van der Waals surface area contributed by atoms with E-state index >= 15 is 0 Å². The maximum Gasteiger partial charge on any atom is 0.268 e. The number of nitrogens with zero attached hydrogens (tertiary/aromatic N) is 2. The first-order chi connectivity index (χ1) is 14.5. The zero-order valence-electron chi connectivity index (χ0n) is 16.3. The highest BCUT2D eigenvalue weighted by atomic mass is 32.2. The molecule has 152 valence electrons. The van der Waals surface area contributed by atoms with Gasteiger partial charge in [0.25, 0.3) is 10.0 Å². The van der Waals surface area contributed by atoms with Gasteiger partial charge in [-0.05, 0) is 30.3 Å². The van der Waals surface area contributed by atoms with Crippen LogP contribution in [0.4, 0.5) is 0 Å². The minimum Gasteiger partial charge on any atom is -0.496 e. The Balaban J connectivity index is 2.08. The number of rotatable bonds is 6. The molecule has 0 aliphatic carbocycles. The Bertz CT molecular complexity index is 1340. The van der Waals surface area contributed by atoms with Gasteiger partial charge in [-0.1, -0.05) is 24.3 Å². The zero-order valence-corrected chi connectivity index (χ0v) is 17.1. The molecule has 4 aromatic rings. The molecule has 0 bridgehead atoms. The third kappa shape index (κ3) is 3.21. The lowest BCUT2D eigenvalue weighted by Gasteiger charge is -2.14. The fourth-order valence-electron chi connectivity index (χ4n) is 3.31. The number of hydrogen-bond acceptors (Lipinski definition) is 6. The summed E-state index contributed by atoms with van der Waals surface area (Å²) in [6.07, 6.45) is 2.17. The molecule has 2 heterocycles. The summed E-state index contributed by atoms with van der Waals surface area (Å²) in [6, 6.07) is 16.4. The maximum absolute atomic E-state index is 13.6. The van der Waals surface area contributed by atoms with E-state index in [9.17, 15) is 13.2 Å². The van der Waals surface area contributed by atoms with Crippen LogP contribution in [0.2, 0.25) is 0 Å². The topological polar surface area (TPSA) is 87.5 Å². The van der Waals surface area contributed by atoms with E-state index < -0.39 is 10.0 Å². The van der Waals surface area contributed by atoms with Gasteiger partial charge in [-0.15, -0.1) is 0 Å². The Morgan fingerprint density at radius 2 is 1.73 bits per heavy atom. The smallest absolute Gasteiger partial charge is 0.268 e. The number of aromatic nitrogens is 2. The van der Waals surface area contributed by atoms with Crippen LogP contribution in [0.5, 0.6) is 11.6 Å². The van der Waals surface area contributed by atoms with Gasteiger partial charge in [0.1, 0.15) is 12.0 Å². The largest absolute Gasteiger partial charge is 0.496 e. The van der Waals surface area contributed by atoms with Crippen molar-refractivity contribution in [3.8, 4) is 22.9 Å². The number of benzene rings is 2. The molecule has 0 atom stereocenters. The third-order valence-corrected chi connectivity index (χ3v) is 6.49. The molecule has 0 saturated heterocycles. The van der Waals surface area contributed by atoms with Crippen molar-refractivity contribution in [1.29, 1.82) is 0 Å². The summed E-state index contributed by atoms with van der Waals surface area (Å²) in [6.45, 7) is 0. The molecule has 0 spiro atoms. The quantitative estimate of drug-likeness (QED) is 0.440. The predicted octanol–water partition coefficient (Wildman–Crippen LogP) is 3.77. The van der Waals surface area contributed by atoms with Crippen molar-refractivity contribution < 1.29 is 22.7 Å². The van der Waals surface area contributed by atoms with Gasteiger partial charge in [0, 0.05) is 22.6 Å². The second-order valence-corrected chi connectivity index (χ2v) is 8.26. The van der Waals surface area contributed by atoms with Crippen molar-refractivity contribution in [2.45, 2.75) is 4.90 Å². The molecule has 0 aliphatic heterocycles. The number of carbonyl (C=O) groups excluding carboxylic acids is 1. The van der Waals surface area contributed by atoms with Gasteiger partial charge in [-0.25, -0.2) is 17.4 Å². The highest BCUT2D eigenvalue weighted by Gasteiger charge is 2.25. The molecule has 0 saturated carbocycles. The molecule has 8 heteroatoms. The maximum atomic E-state index is 13.6. The molecule has 0 amide bonds. The van der Waals surface area contributed by atoms with Crippen molar-refractivity contribution in [2.24, 2.45) is 0 Å². The van der Waals surface area contributed by atoms with Gasteiger partial charge in [0.2, 0.25) is 5.88 Å². The summed E-state index contributed by atoms with van der Waals surface area (Å²) in [5.41, 5.74) is 1.74. The molecule has 2 aromatic carbocycles. The number of hydrogen-bond donors (Lipinski definition) is 0. The lowest BCUT2D eigenvalue weighted by Crippen LogP contribution is -2.14. The number of fused-ring (bicyclic) bond motifs is 1. The molecule has 2 aromatic heterocycles. The number of methoxy groups -OCH3 is 2. The zero-order chi connectivity index (χ0) is 21.3. The van der Waals surface area contributed by atoms with Crippen LogP contribution in [0.3, 0.4) is 0 Å². The molecule has 0 radical (unpaired) electrons. The van der Waals surface area contributed by atoms with Crippen LogP contribution in [-0.2, 0) is 10.0 Å². The van der Waals surface area contributed by atoms with Gasteiger partial charge in [0.15, 0.2) is 0 Å². The van der Waals surface area contributed by atoms with Crippen LogP contribution in [0.1, 0.15) is 10.4 Å². The van der Waals surface area contributed by atoms with Crippen molar-refractivity contribution in [1.82, 2.24) is 8.96 Å².